The summed E-state index contributed by atoms with van der Waals surface area (Å²) in [5.74, 6) is 0.505. The molecule has 0 aromatic carbocycles. The van der Waals surface area contributed by atoms with E-state index in [0.717, 1.165) is 13.0 Å². The van der Waals surface area contributed by atoms with Crippen molar-refractivity contribution in [2.24, 2.45) is 11.7 Å². The van der Waals surface area contributed by atoms with E-state index in [-0.39, 0.29) is 11.9 Å². The van der Waals surface area contributed by atoms with Gasteiger partial charge in [-0.2, -0.15) is 0 Å². The fourth-order valence-corrected chi connectivity index (χ4v) is 1.52. The van der Waals surface area contributed by atoms with Crippen LogP contribution >= 0.6 is 0 Å². The lowest BCUT2D eigenvalue weighted by atomic mass is 10.0. The quantitative estimate of drug-likeness (QED) is 0.675. The fraction of sp³-hybridized carbons (Fsp3) is 0.909. The van der Waals surface area contributed by atoms with Crippen molar-refractivity contribution in [2.75, 3.05) is 20.6 Å². The molecule has 4 nitrogen and oxygen atoms in total. The minimum atomic E-state index is -0.429. The Kier molecular flexibility index (Phi) is 6.52. The molecule has 15 heavy (non-hydrogen) atoms. The summed E-state index contributed by atoms with van der Waals surface area (Å²) in [6.07, 6.45) is 0.983. The molecule has 90 valence electrons. The van der Waals surface area contributed by atoms with Crippen molar-refractivity contribution < 1.29 is 4.79 Å². The van der Waals surface area contributed by atoms with Gasteiger partial charge in [0.25, 0.3) is 0 Å². The van der Waals surface area contributed by atoms with Gasteiger partial charge in [0.05, 0.1) is 6.04 Å². The van der Waals surface area contributed by atoms with E-state index in [1.807, 2.05) is 14.1 Å². The number of hydrogen-bond acceptors (Lipinski definition) is 3. The largest absolute Gasteiger partial charge is 0.351 e. The van der Waals surface area contributed by atoms with Gasteiger partial charge in [0, 0.05) is 12.6 Å². The van der Waals surface area contributed by atoms with Crippen molar-refractivity contribution in [1.29, 1.82) is 0 Å². The molecule has 0 aromatic rings. The van der Waals surface area contributed by atoms with Crippen LogP contribution in [0.5, 0.6) is 0 Å². The van der Waals surface area contributed by atoms with Crippen LogP contribution < -0.4 is 11.1 Å². The number of likely N-dealkylation sites (N-methyl/N-ethyl adjacent to an activating group) is 1. The predicted octanol–water partition coefficient (Wildman–Crippen LogP) is 0.426. The number of nitrogens with two attached hydrogens (primary N) is 1. The number of rotatable bonds is 6. The number of nitrogens with one attached hydrogen (secondary N) is 1. The summed E-state index contributed by atoms with van der Waals surface area (Å²) in [4.78, 5) is 13.5. The third-order valence-corrected chi connectivity index (χ3v) is 2.10. The molecule has 0 aliphatic carbocycles. The molecule has 1 unspecified atom stereocenters. The van der Waals surface area contributed by atoms with Crippen LogP contribution in [-0.4, -0.2) is 43.5 Å². The van der Waals surface area contributed by atoms with E-state index in [2.05, 4.69) is 24.1 Å². The highest BCUT2D eigenvalue weighted by Gasteiger charge is 2.16. The molecule has 0 saturated carbocycles. The lowest BCUT2D eigenvalue weighted by molar-refractivity contribution is -0.122. The van der Waals surface area contributed by atoms with Crippen LogP contribution in [0.1, 0.15) is 27.2 Å². The van der Waals surface area contributed by atoms with Crippen molar-refractivity contribution in [3.8, 4) is 0 Å². The molecule has 1 amide bonds. The summed E-state index contributed by atoms with van der Waals surface area (Å²) in [7, 11) is 4.01. The van der Waals surface area contributed by atoms with E-state index < -0.39 is 6.04 Å². The van der Waals surface area contributed by atoms with Crippen molar-refractivity contribution in [1.82, 2.24) is 10.2 Å². The molecule has 0 fully saturated rings. The molecule has 3 N–H and O–H groups in total. The van der Waals surface area contributed by atoms with E-state index in [0.29, 0.717) is 5.92 Å². The second kappa shape index (κ2) is 6.80. The Bertz CT molecular complexity index is 180. The molecule has 4 heteroatoms. The van der Waals surface area contributed by atoms with Crippen molar-refractivity contribution >= 4 is 5.91 Å². The van der Waals surface area contributed by atoms with Crippen LogP contribution in [0.3, 0.4) is 0 Å². The first kappa shape index (κ1) is 14.4. The molecule has 0 aliphatic heterocycles. The zero-order chi connectivity index (χ0) is 12.0. The number of amides is 1. The Balaban J connectivity index is 4.17. The second-order valence-electron chi connectivity index (χ2n) is 4.89. The van der Waals surface area contributed by atoms with Gasteiger partial charge < -0.3 is 16.0 Å². The van der Waals surface area contributed by atoms with Crippen molar-refractivity contribution in [2.45, 2.75) is 39.3 Å². The zero-order valence-electron chi connectivity index (χ0n) is 10.6. The minimum absolute atomic E-state index is 0.0671. The number of hydrogen-bond donors (Lipinski definition) is 2. The summed E-state index contributed by atoms with van der Waals surface area (Å²) in [6, 6.07) is -0.236. The first-order valence-electron chi connectivity index (χ1n) is 5.53. The van der Waals surface area contributed by atoms with E-state index in [1.165, 1.54) is 0 Å². The van der Waals surface area contributed by atoms with E-state index >= 15 is 0 Å². The molecule has 0 radical (unpaired) electrons. The first-order valence-corrected chi connectivity index (χ1v) is 5.53. The molecule has 0 aromatic heterocycles. The molecular weight excluding hydrogens is 190 g/mol. The Hall–Kier alpha value is -0.610. The Morgan fingerprint density at radius 2 is 1.87 bits per heavy atom. The Morgan fingerprint density at radius 3 is 2.20 bits per heavy atom. The van der Waals surface area contributed by atoms with Gasteiger partial charge >= 0.3 is 0 Å². The highest BCUT2D eigenvalue weighted by atomic mass is 16.2. The number of carbonyl (C=O) groups is 1. The number of carbonyl (C=O) groups excluding carboxylic acids is 1. The molecule has 0 heterocycles. The molecule has 0 spiro atoms. The summed E-state index contributed by atoms with van der Waals surface area (Å²) in [5.41, 5.74) is 5.52. The Morgan fingerprint density at radius 1 is 1.33 bits per heavy atom. The summed E-state index contributed by atoms with van der Waals surface area (Å²) >= 11 is 0. The van der Waals surface area contributed by atoms with Gasteiger partial charge in [0.2, 0.25) is 5.91 Å². The van der Waals surface area contributed by atoms with Crippen molar-refractivity contribution in [3.05, 3.63) is 0 Å². The van der Waals surface area contributed by atoms with E-state index in [4.69, 9.17) is 5.73 Å². The van der Waals surface area contributed by atoms with Gasteiger partial charge in [-0.15, -0.1) is 0 Å². The van der Waals surface area contributed by atoms with Crippen LogP contribution in [-0.2, 0) is 4.79 Å². The molecule has 0 aliphatic rings. The van der Waals surface area contributed by atoms with E-state index in [1.54, 1.807) is 6.92 Å². The monoisotopic (exact) mass is 215 g/mol. The van der Waals surface area contributed by atoms with Crippen LogP contribution in [0.4, 0.5) is 0 Å². The SMILES string of the molecule is CC(C)CC(CN(C)C)NC(=O)[C@H](C)N. The minimum Gasteiger partial charge on any atom is -0.351 e. The van der Waals surface area contributed by atoms with Gasteiger partial charge in [-0.1, -0.05) is 13.8 Å². The topological polar surface area (TPSA) is 58.4 Å². The van der Waals surface area contributed by atoms with Crippen molar-refractivity contribution in [3.63, 3.8) is 0 Å². The summed E-state index contributed by atoms with van der Waals surface area (Å²) in [5, 5.41) is 2.97. The smallest absolute Gasteiger partial charge is 0.236 e. The zero-order valence-corrected chi connectivity index (χ0v) is 10.6. The molecule has 0 rings (SSSR count). The van der Waals surface area contributed by atoms with Gasteiger partial charge in [0.15, 0.2) is 0 Å². The molecule has 2 atom stereocenters. The second-order valence-corrected chi connectivity index (χ2v) is 4.89. The van der Waals surface area contributed by atoms with Gasteiger partial charge in [0.1, 0.15) is 0 Å². The molecular formula is C11H25N3O. The van der Waals surface area contributed by atoms with Crippen LogP contribution in [0.2, 0.25) is 0 Å². The standard InChI is InChI=1S/C11H25N3O/c1-8(2)6-10(7-14(4)5)13-11(15)9(3)12/h8-10H,6-7,12H2,1-5H3,(H,13,15)/t9-,10?/m0/s1. The van der Waals surface area contributed by atoms with Crippen LogP contribution in [0, 0.1) is 5.92 Å². The number of nitrogens with zero attached hydrogens (tertiary/aromatic N) is 1. The average molecular weight is 215 g/mol. The highest BCUT2D eigenvalue weighted by molar-refractivity contribution is 5.81. The molecule has 0 bridgehead atoms. The predicted molar refractivity (Wildman–Crippen MR) is 63.6 cm³/mol. The lowest BCUT2D eigenvalue weighted by Crippen LogP contribution is -2.48. The maximum atomic E-state index is 11.5. The molecule has 0 saturated heterocycles. The first-order chi connectivity index (χ1) is 6.82. The third-order valence-electron chi connectivity index (χ3n) is 2.10. The van der Waals surface area contributed by atoms with Gasteiger partial charge in [-0.25, -0.2) is 0 Å². The maximum absolute atomic E-state index is 11.5. The Labute approximate surface area is 93.2 Å². The summed E-state index contributed by atoms with van der Waals surface area (Å²) in [6.45, 7) is 6.87. The fourth-order valence-electron chi connectivity index (χ4n) is 1.52. The van der Waals surface area contributed by atoms with Gasteiger partial charge in [-0.05, 0) is 33.4 Å². The lowest BCUT2D eigenvalue weighted by Gasteiger charge is -2.24. The highest BCUT2D eigenvalue weighted by Crippen LogP contribution is 2.05. The van der Waals surface area contributed by atoms with Gasteiger partial charge in [-0.3, -0.25) is 4.79 Å². The summed E-state index contributed by atoms with van der Waals surface area (Å²) < 4.78 is 0. The maximum Gasteiger partial charge on any atom is 0.236 e. The average Bonchev–Trinajstić information content (AvgIpc) is 2.00. The normalized spacial score (nSPS) is 15.5. The van der Waals surface area contributed by atoms with Crippen LogP contribution in [0.25, 0.3) is 0 Å². The van der Waals surface area contributed by atoms with E-state index in [9.17, 15) is 4.79 Å². The van der Waals surface area contributed by atoms with Crippen LogP contribution in [0.15, 0.2) is 0 Å². The third kappa shape index (κ3) is 7.33.